The minimum atomic E-state index is -0.686. The Morgan fingerprint density at radius 3 is 2.57 bits per heavy atom. The molecule has 23 heavy (non-hydrogen) atoms. The molecule has 1 aliphatic rings. The van der Waals surface area contributed by atoms with Crippen molar-refractivity contribution in [1.29, 1.82) is 0 Å². The second kappa shape index (κ2) is 6.80. The second-order valence-corrected chi connectivity index (χ2v) is 5.79. The number of hydrogen-bond donors (Lipinski definition) is 1. The molecular formula is C20H20O3. The summed E-state index contributed by atoms with van der Waals surface area (Å²) in [6, 6.07) is 17.5. The maximum atomic E-state index is 12.3. The number of esters is 1. The molecule has 0 amide bonds. The fourth-order valence-corrected chi connectivity index (χ4v) is 3.23. The quantitative estimate of drug-likeness (QED) is 0.697. The fourth-order valence-electron chi connectivity index (χ4n) is 3.23. The third-order valence-corrected chi connectivity index (χ3v) is 4.42. The van der Waals surface area contributed by atoms with E-state index < -0.39 is 6.10 Å². The number of carbonyl (C=O) groups is 1. The first-order valence-corrected chi connectivity index (χ1v) is 7.81. The summed E-state index contributed by atoms with van der Waals surface area (Å²) in [6.07, 6.45) is 2.72. The molecule has 0 radical (unpaired) electrons. The van der Waals surface area contributed by atoms with Crippen molar-refractivity contribution in [3.05, 3.63) is 76.9 Å². The lowest BCUT2D eigenvalue weighted by Gasteiger charge is -2.31. The summed E-state index contributed by atoms with van der Waals surface area (Å²) in [5, 5.41) is 10.8. The van der Waals surface area contributed by atoms with Gasteiger partial charge in [-0.3, -0.25) is 0 Å². The summed E-state index contributed by atoms with van der Waals surface area (Å²) in [5.41, 5.74) is 3.52. The van der Waals surface area contributed by atoms with E-state index in [-0.39, 0.29) is 11.9 Å². The van der Waals surface area contributed by atoms with Crippen LogP contribution in [-0.2, 0) is 16.0 Å². The van der Waals surface area contributed by atoms with Gasteiger partial charge in [0, 0.05) is 11.5 Å². The topological polar surface area (TPSA) is 46.5 Å². The first-order chi connectivity index (χ1) is 11.2. The molecule has 0 aromatic heterocycles. The molecule has 2 aromatic carbocycles. The van der Waals surface area contributed by atoms with Crippen molar-refractivity contribution in [3.63, 3.8) is 0 Å². The number of aliphatic hydroxyl groups excluding tert-OH is 1. The molecule has 0 heterocycles. The van der Waals surface area contributed by atoms with Crippen molar-refractivity contribution in [2.24, 2.45) is 5.92 Å². The smallest absolute Gasteiger partial charge is 0.334 e. The highest BCUT2D eigenvalue weighted by atomic mass is 16.5. The molecule has 1 N–H and O–H groups in total. The maximum absolute atomic E-state index is 12.3. The van der Waals surface area contributed by atoms with Crippen LogP contribution in [0.1, 0.15) is 29.2 Å². The number of methoxy groups -OCH3 is 1. The van der Waals surface area contributed by atoms with Crippen molar-refractivity contribution in [1.82, 2.24) is 0 Å². The average Bonchev–Trinajstić information content (AvgIpc) is 2.61. The van der Waals surface area contributed by atoms with Crippen LogP contribution in [0.15, 0.2) is 60.2 Å². The standard InChI is InChI=1S/C20H20O3/c1-23-20(22)18(13-14-7-3-2-4-8-14)17-12-11-15-9-5-6-10-16(15)19(17)21/h2-10,13,17,19,21H,11-12H2,1H3/b18-13+/t17-,19?/m1/s1. The van der Waals surface area contributed by atoms with E-state index in [4.69, 9.17) is 4.74 Å². The first kappa shape index (κ1) is 15.5. The van der Waals surface area contributed by atoms with Crippen LogP contribution < -0.4 is 0 Å². The normalized spacial score (nSPS) is 20.7. The fraction of sp³-hybridized carbons (Fsp3) is 0.250. The second-order valence-electron chi connectivity index (χ2n) is 5.79. The van der Waals surface area contributed by atoms with Gasteiger partial charge in [-0.05, 0) is 35.6 Å². The molecule has 3 nitrogen and oxygen atoms in total. The van der Waals surface area contributed by atoms with E-state index in [9.17, 15) is 9.90 Å². The van der Waals surface area contributed by atoms with Gasteiger partial charge in [-0.1, -0.05) is 54.6 Å². The zero-order valence-corrected chi connectivity index (χ0v) is 13.1. The zero-order chi connectivity index (χ0) is 16.2. The largest absolute Gasteiger partial charge is 0.466 e. The first-order valence-electron chi connectivity index (χ1n) is 7.81. The van der Waals surface area contributed by atoms with Crippen molar-refractivity contribution in [2.45, 2.75) is 18.9 Å². The number of aryl methyl sites for hydroxylation is 1. The van der Waals surface area contributed by atoms with Crippen LogP contribution in [0, 0.1) is 5.92 Å². The van der Waals surface area contributed by atoms with Crippen LogP contribution >= 0.6 is 0 Å². The van der Waals surface area contributed by atoms with Gasteiger partial charge in [0.05, 0.1) is 13.2 Å². The Labute approximate surface area is 136 Å². The summed E-state index contributed by atoms with van der Waals surface area (Å²) in [6.45, 7) is 0. The van der Waals surface area contributed by atoms with E-state index in [2.05, 4.69) is 0 Å². The van der Waals surface area contributed by atoms with Gasteiger partial charge in [-0.15, -0.1) is 0 Å². The van der Waals surface area contributed by atoms with Gasteiger partial charge < -0.3 is 9.84 Å². The molecule has 0 fully saturated rings. The van der Waals surface area contributed by atoms with Crippen LogP contribution in [-0.4, -0.2) is 18.2 Å². The zero-order valence-electron chi connectivity index (χ0n) is 13.1. The molecule has 1 aliphatic carbocycles. The number of benzene rings is 2. The van der Waals surface area contributed by atoms with E-state index >= 15 is 0 Å². The van der Waals surface area contributed by atoms with Crippen LogP contribution in [0.3, 0.4) is 0 Å². The van der Waals surface area contributed by atoms with Crippen LogP contribution in [0.25, 0.3) is 6.08 Å². The summed E-state index contributed by atoms with van der Waals surface area (Å²) in [5.74, 6) is -0.630. The Morgan fingerprint density at radius 1 is 1.13 bits per heavy atom. The van der Waals surface area contributed by atoms with Crippen molar-refractivity contribution >= 4 is 12.0 Å². The van der Waals surface area contributed by atoms with Gasteiger partial charge in [0.2, 0.25) is 0 Å². The Kier molecular flexibility index (Phi) is 4.58. The Bertz CT molecular complexity index is 719. The van der Waals surface area contributed by atoms with Crippen LogP contribution in [0.2, 0.25) is 0 Å². The molecule has 2 atom stereocenters. The highest BCUT2D eigenvalue weighted by Gasteiger charge is 2.33. The molecule has 0 bridgehead atoms. The van der Waals surface area contributed by atoms with Crippen LogP contribution in [0.5, 0.6) is 0 Å². The maximum Gasteiger partial charge on any atom is 0.334 e. The van der Waals surface area contributed by atoms with Crippen molar-refractivity contribution < 1.29 is 14.6 Å². The molecule has 3 rings (SSSR count). The van der Waals surface area contributed by atoms with Gasteiger partial charge >= 0.3 is 5.97 Å². The Hall–Kier alpha value is -2.39. The molecule has 0 saturated heterocycles. The SMILES string of the molecule is COC(=O)/C(=C/c1ccccc1)[C@H]1CCc2ccccc2C1O. The minimum absolute atomic E-state index is 0.252. The molecule has 2 aromatic rings. The van der Waals surface area contributed by atoms with E-state index in [1.54, 1.807) is 0 Å². The van der Waals surface area contributed by atoms with E-state index in [0.717, 1.165) is 29.5 Å². The molecular weight excluding hydrogens is 288 g/mol. The molecule has 1 unspecified atom stereocenters. The van der Waals surface area contributed by atoms with Crippen molar-refractivity contribution in [3.8, 4) is 0 Å². The summed E-state index contributed by atoms with van der Waals surface area (Å²) in [7, 11) is 1.38. The molecule has 0 aliphatic heterocycles. The lowest BCUT2D eigenvalue weighted by Crippen LogP contribution is -2.26. The van der Waals surface area contributed by atoms with E-state index in [1.807, 2.05) is 60.7 Å². The third kappa shape index (κ3) is 3.20. The average molecular weight is 308 g/mol. The summed E-state index contributed by atoms with van der Waals surface area (Å²) >= 11 is 0. The molecule has 3 heteroatoms. The van der Waals surface area contributed by atoms with Gasteiger partial charge in [-0.25, -0.2) is 4.79 Å². The minimum Gasteiger partial charge on any atom is -0.466 e. The van der Waals surface area contributed by atoms with Gasteiger partial charge in [-0.2, -0.15) is 0 Å². The lowest BCUT2D eigenvalue weighted by atomic mass is 9.77. The number of ether oxygens (including phenoxy) is 1. The summed E-state index contributed by atoms with van der Waals surface area (Å²) < 4.78 is 4.96. The molecule has 0 saturated carbocycles. The van der Waals surface area contributed by atoms with Gasteiger partial charge in [0.1, 0.15) is 0 Å². The predicted molar refractivity (Wildman–Crippen MR) is 89.6 cm³/mol. The number of aliphatic hydroxyl groups is 1. The van der Waals surface area contributed by atoms with E-state index in [0.29, 0.717) is 5.57 Å². The Balaban J connectivity index is 1.98. The van der Waals surface area contributed by atoms with Crippen molar-refractivity contribution in [2.75, 3.05) is 7.11 Å². The molecule has 118 valence electrons. The van der Waals surface area contributed by atoms with Gasteiger partial charge in [0.25, 0.3) is 0 Å². The summed E-state index contributed by atoms with van der Waals surface area (Å²) in [4.78, 5) is 12.3. The van der Waals surface area contributed by atoms with E-state index in [1.165, 1.54) is 7.11 Å². The monoisotopic (exact) mass is 308 g/mol. The highest BCUT2D eigenvalue weighted by Crippen LogP contribution is 2.39. The lowest BCUT2D eigenvalue weighted by molar-refractivity contribution is -0.137. The van der Waals surface area contributed by atoms with Crippen LogP contribution in [0.4, 0.5) is 0 Å². The Morgan fingerprint density at radius 2 is 1.83 bits per heavy atom. The number of carbonyl (C=O) groups excluding carboxylic acids is 1. The predicted octanol–water partition coefficient (Wildman–Crippen LogP) is 3.54. The number of hydrogen-bond acceptors (Lipinski definition) is 3. The number of rotatable bonds is 3. The number of fused-ring (bicyclic) bond motifs is 1. The molecule has 0 spiro atoms. The third-order valence-electron chi connectivity index (χ3n) is 4.42. The highest BCUT2D eigenvalue weighted by molar-refractivity contribution is 5.94. The van der Waals surface area contributed by atoms with Gasteiger partial charge in [0.15, 0.2) is 0 Å².